The molecule has 4 rings (SSSR count). The molecule has 0 radical (unpaired) electrons. The van der Waals surface area contributed by atoms with E-state index in [4.69, 9.17) is 4.74 Å². The second kappa shape index (κ2) is 10.1. The number of rotatable bonds is 7. The lowest BCUT2D eigenvalue weighted by molar-refractivity contribution is -0.00815. The van der Waals surface area contributed by atoms with Crippen LogP contribution >= 0.6 is 0 Å². The lowest BCUT2D eigenvalue weighted by Gasteiger charge is -2.23. The van der Waals surface area contributed by atoms with E-state index in [-0.39, 0.29) is 30.1 Å². The molecule has 2 heterocycles. The number of nitrogens with one attached hydrogen (secondary N) is 1. The van der Waals surface area contributed by atoms with Crippen LogP contribution in [0.3, 0.4) is 0 Å². The van der Waals surface area contributed by atoms with E-state index in [1.54, 1.807) is 7.11 Å². The molecule has 1 atom stereocenters. The first-order valence-electron chi connectivity index (χ1n) is 11.1. The third-order valence-corrected chi connectivity index (χ3v) is 6.02. The van der Waals surface area contributed by atoms with Gasteiger partial charge in [-0.05, 0) is 36.1 Å². The molecule has 1 fully saturated rings. The smallest absolute Gasteiger partial charge is 0.296 e. The highest BCUT2D eigenvalue weighted by atomic mass is 19.1. The van der Waals surface area contributed by atoms with E-state index in [0.29, 0.717) is 11.1 Å². The number of methoxy groups -OCH3 is 1. The van der Waals surface area contributed by atoms with Gasteiger partial charge in [0.1, 0.15) is 17.9 Å². The summed E-state index contributed by atoms with van der Waals surface area (Å²) in [6.07, 6.45) is 2.23. The molecule has 1 aliphatic rings. The van der Waals surface area contributed by atoms with Crippen molar-refractivity contribution in [1.82, 2.24) is 19.8 Å². The molecule has 2 aromatic carbocycles. The van der Waals surface area contributed by atoms with Gasteiger partial charge >= 0.3 is 0 Å². The van der Waals surface area contributed by atoms with Crippen molar-refractivity contribution in [3.05, 3.63) is 81.5 Å². The second-order valence-electron chi connectivity index (χ2n) is 8.31. The van der Waals surface area contributed by atoms with Crippen LogP contribution in [0.4, 0.5) is 4.39 Å². The zero-order valence-corrected chi connectivity index (χ0v) is 19.1. The summed E-state index contributed by atoms with van der Waals surface area (Å²) in [7, 11) is 3.21. The summed E-state index contributed by atoms with van der Waals surface area (Å²) in [5.74, 6) is -1.54. The summed E-state index contributed by atoms with van der Waals surface area (Å²) >= 11 is 0. The van der Waals surface area contributed by atoms with E-state index >= 15 is 0 Å². The van der Waals surface area contributed by atoms with Crippen LogP contribution in [0.2, 0.25) is 0 Å². The topological polar surface area (TPSA) is 96.7 Å². The van der Waals surface area contributed by atoms with Crippen molar-refractivity contribution in [2.45, 2.75) is 32.2 Å². The molecular formula is C25H27FN4O4. The Kier molecular flexibility index (Phi) is 7.04. The van der Waals surface area contributed by atoms with Gasteiger partial charge in [-0.15, -0.1) is 0 Å². The molecule has 178 valence electrons. The Morgan fingerprint density at radius 2 is 1.85 bits per heavy atom. The van der Waals surface area contributed by atoms with Crippen LogP contribution in [-0.2, 0) is 24.9 Å². The Morgan fingerprint density at radius 1 is 1.18 bits per heavy atom. The monoisotopic (exact) mass is 466 g/mol. The molecule has 1 aromatic heterocycles. The number of ether oxygens (including phenoxy) is 1. The molecular weight excluding hydrogens is 439 g/mol. The zero-order valence-electron chi connectivity index (χ0n) is 19.1. The minimum Gasteiger partial charge on any atom is -0.501 e. The summed E-state index contributed by atoms with van der Waals surface area (Å²) in [6.45, 7) is 1.82. The predicted molar refractivity (Wildman–Crippen MR) is 125 cm³/mol. The average molecular weight is 467 g/mol. The lowest BCUT2D eigenvalue weighted by atomic mass is 10.1. The highest BCUT2D eigenvalue weighted by Crippen LogP contribution is 2.23. The standard InChI is InChI=1S/C25H27FN4O4/c1-29-23(18-9-5-17(6-10-18)15-30-13-3-4-20(30)34-2)28-21(22(31)25(29)33)24(32)27-14-16-7-11-19(26)12-8-16/h5-12,20,31H,3-4,13-15H2,1-2H3,(H,27,32)/t20-/m1/s1. The van der Waals surface area contributed by atoms with Crippen LogP contribution in [0, 0.1) is 5.82 Å². The number of nitrogens with zero attached hydrogens (tertiary/aromatic N) is 3. The molecule has 3 aromatic rings. The van der Waals surface area contributed by atoms with Gasteiger partial charge in [0.25, 0.3) is 11.5 Å². The molecule has 1 aliphatic heterocycles. The van der Waals surface area contributed by atoms with Gasteiger partial charge < -0.3 is 15.2 Å². The number of amides is 1. The average Bonchev–Trinajstić information content (AvgIpc) is 3.30. The van der Waals surface area contributed by atoms with Crippen LogP contribution in [0.25, 0.3) is 11.4 Å². The number of carbonyl (C=O) groups excluding carboxylic acids is 1. The molecule has 9 heteroatoms. The Labute approximate surface area is 196 Å². The molecule has 8 nitrogen and oxygen atoms in total. The van der Waals surface area contributed by atoms with E-state index in [9.17, 15) is 19.1 Å². The van der Waals surface area contributed by atoms with E-state index in [0.717, 1.165) is 31.5 Å². The van der Waals surface area contributed by atoms with Gasteiger partial charge in [-0.25, -0.2) is 9.37 Å². The largest absolute Gasteiger partial charge is 0.501 e. The van der Waals surface area contributed by atoms with Gasteiger partial charge in [0.05, 0.1) is 0 Å². The number of hydrogen-bond donors (Lipinski definition) is 2. The van der Waals surface area contributed by atoms with E-state index in [2.05, 4.69) is 15.2 Å². The van der Waals surface area contributed by atoms with Crippen molar-refractivity contribution in [2.24, 2.45) is 7.05 Å². The Balaban J connectivity index is 1.54. The van der Waals surface area contributed by atoms with Crippen LogP contribution in [0.5, 0.6) is 5.75 Å². The SMILES string of the molecule is CO[C@@H]1CCCN1Cc1ccc(-c2nc(C(=O)NCc3ccc(F)cc3)c(O)c(=O)n2C)cc1. The highest BCUT2D eigenvalue weighted by Gasteiger charge is 2.24. The highest BCUT2D eigenvalue weighted by molar-refractivity contribution is 5.95. The first-order valence-corrected chi connectivity index (χ1v) is 11.1. The zero-order chi connectivity index (χ0) is 24.2. The van der Waals surface area contributed by atoms with Crippen LogP contribution in [0.15, 0.2) is 53.3 Å². The first kappa shape index (κ1) is 23.6. The molecule has 0 bridgehead atoms. The Bertz CT molecular complexity index is 1230. The van der Waals surface area contributed by atoms with Gasteiger partial charge in [-0.3, -0.25) is 19.1 Å². The fourth-order valence-corrected chi connectivity index (χ4v) is 4.11. The number of aromatic nitrogens is 2. The van der Waals surface area contributed by atoms with Crippen molar-refractivity contribution < 1.29 is 19.0 Å². The minimum absolute atomic E-state index is 0.0957. The Hall–Kier alpha value is -3.56. The van der Waals surface area contributed by atoms with Crippen LogP contribution in [-0.4, -0.2) is 45.3 Å². The number of likely N-dealkylation sites (tertiary alicyclic amines) is 1. The van der Waals surface area contributed by atoms with Crippen molar-refractivity contribution in [1.29, 1.82) is 0 Å². The molecule has 2 N–H and O–H groups in total. The van der Waals surface area contributed by atoms with Gasteiger partial charge in [-0.2, -0.15) is 0 Å². The summed E-state index contributed by atoms with van der Waals surface area (Å²) in [6, 6.07) is 13.2. The maximum Gasteiger partial charge on any atom is 0.296 e. The molecule has 0 spiro atoms. The number of halogens is 1. The quantitative estimate of drug-likeness (QED) is 0.556. The second-order valence-corrected chi connectivity index (χ2v) is 8.31. The fourth-order valence-electron chi connectivity index (χ4n) is 4.11. The van der Waals surface area contributed by atoms with Gasteiger partial charge in [-0.1, -0.05) is 36.4 Å². The molecule has 1 saturated heterocycles. The lowest BCUT2D eigenvalue weighted by Crippen LogP contribution is -2.30. The van der Waals surface area contributed by atoms with Crippen molar-refractivity contribution in [3.63, 3.8) is 0 Å². The van der Waals surface area contributed by atoms with Crippen molar-refractivity contribution in [3.8, 4) is 17.1 Å². The number of carbonyl (C=O) groups is 1. The summed E-state index contributed by atoms with van der Waals surface area (Å²) in [5, 5.41) is 12.9. The fraction of sp³-hybridized carbons (Fsp3) is 0.320. The summed E-state index contributed by atoms with van der Waals surface area (Å²) < 4.78 is 19.8. The first-order chi connectivity index (χ1) is 16.4. The van der Waals surface area contributed by atoms with Crippen LogP contribution < -0.4 is 10.9 Å². The third kappa shape index (κ3) is 5.00. The number of aromatic hydroxyl groups is 1. The third-order valence-electron chi connectivity index (χ3n) is 6.02. The van der Waals surface area contributed by atoms with Crippen molar-refractivity contribution in [2.75, 3.05) is 13.7 Å². The predicted octanol–water partition coefficient (Wildman–Crippen LogP) is 2.79. The molecule has 0 unspecified atom stereocenters. The maximum absolute atomic E-state index is 13.1. The van der Waals surface area contributed by atoms with Crippen LogP contribution in [0.1, 0.15) is 34.5 Å². The Morgan fingerprint density at radius 3 is 2.53 bits per heavy atom. The maximum atomic E-state index is 13.1. The minimum atomic E-state index is -0.723. The van der Waals surface area contributed by atoms with Gasteiger partial charge in [0.2, 0.25) is 5.75 Å². The van der Waals surface area contributed by atoms with E-state index in [1.165, 1.54) is 35.9 Å². The number of benzene rings is 2. The molecule has 0 saturated carbocycles. The molecule has 0 aliphatic carbocycles. The van der Waals surface area contributed by atoms with E-state index in [1.807, 2.05) is 24.3 Å². The van der Waals surface area contributed by atoms with Crippen molar-refractivity contribution >= 4 is 5.91 Å². The molecule has 34 heavy (non-hydrogen) atoms. The summed E-state index contributed by atoms with van der Waals surface area (Å²) in [5.41, 5.74) is 1.32. The van der Waals surface area contributed by atoms with E-state index < -0.39 is 17.2 Å². The summed E-state index contributed by atoms with van der Waals surface area (Å²) in [4.78, 5) is 31.9. The molecule has 1 amide bonds. The van der Waals surface area contributed by atoms with Gasteiger partial charge in [0, 0.05) is 39.4 Å². The van der Waals surface area contributed by atoms with Gasteiger partial charge in [0.15, 0.2) is 5.69 Å². The number of hydrogen-bond acceptors (Lipinski definition) is 6. The normalized spacial score (nSPS) is 16.0.